The van der Waals surface area contributed by atoms with Crippen molar-refractivity contribution in [2.45, 2.75) is 51.7 Å². The molecule has 1 amide bonds. The van der Waals surface area contributed by atoms with Gasteiger partial charge in [-0.3, -0.25) is 0 Å². The van der Waals surface area contributed by atoms with Crippen molar-refractivity contribution >= 4 is 6.09 Å². The molecule has 1 fully saturated rings. The average molecular weight is 229 g/mol. The monoisotopic (exact) mass is 229 g/mol. The largest absolute Gasteiger partial charge is 0.444 e. The van der Waals surface area contributed by atoms with Gasteiger partial charge in [-0.1, -0.05) is 0 Å². The first kappa shape index (κ1) is 13.3. The Balaban J connectivity index is 2.07. The van der Waals surface area contributed by atoms with Crippen LogP contribution < -0.4 is 0 Å². The van der Waals surface area contributed by atoms with Crippen LogP contribution in [0, 0.1) is 0 Å². The van der Waals surface area contributed by atoms with Crippen LogP contribution in [0.5, 0.6) is 0 Å². The molecule has 1 saturated heterocycles. The van der Waals surface area contributed by atoms with Gasteiger partial charge in [-0.05, 0) is 40.0 Å². The summed E-state index contributed by atoms with van der Waals surface area (Å²) in [6, 6.07) is 0. The minimum atomic E-state index is -0.410. The van der Waals surface area contributed by atoms with Gasteiger partial charge in [0.2, 0.25) is 0 Å². The van der Waals surface area contributed by atoms with Crippen molar-refractivity contribution in [1.29, 1.82) is 0 Å². The molecule has 1 heterocycles. The van der Waals surface area contributed by atoms with Gasteiger partial charge in [0, 0.05) is 13.6 Å². The van der Waals surface area contributed by atoms with Gasteiger partial charge >= 0.3 is 6.09 Å². The van der Waals surface area contributed by atoms with Crippen molar-refractivity contribution in [3.8, 4) is 0 Å². The molecule has 1 rings (SSSR count). The molecule has 0 radical (unpaired) electrons. The molecule has 1 aliphatic heterocycles. The van der Waals surface area contributed by atoms with E-state index in [0.29, 0.717) is 6.10 Å². The number of nitrogens with zero attached hydrogens (tertiary/aromatic N) is 1. The molecule has 16 heavy (non-hydrogen) atoms. The van der Waals surface area contributed by atoms with Crippen LogP contribution in [0.4, 0.5) is 4.79 Å². The van der Waals surface area contributed by atoms with Gasteiger partial charge in [-0.15, -0.1) is 0 Å². The summed E-state index contributed by atoms with van der Waals surface area (Å²) in [5.41, 5.74) is -0.410. The molecule has 0 aromatic carbocycles. The Morgan fingerprint density at radius 1 is 1.44 bits per heavy atom. The van der Waals surface area contributed by atoms with E-state index in [4.69, 9.17) is 9.47 Å². The highest BCUT2D eigenvalue weighted by Gasteiger charge is 2.22. The maximum atomic E-state index is 11.6. The lowest BCUT2D eigenvalue weighted by Crippen LogP contribution is -2.34. The highest BCUT2D eigenvalue weighted by molar-refractivity contribution is 5.67. The van der Waals surface area contributed by atoms with E-state index in [1.54, 1.807) is 11.9 Å². The number of carbonyl (C=O) groups is 1. The smallest absolute Gasteiger partial charge is 0.410 e. The summed E-state index contributed by atoms with van der Waals surface area (Å²) < 4.78 is 10.4. The standard InChI is InChI=1S/C12H23NO3/c1-12(2,3)16-11(14)13(4)8-6-5-7-10-9-15-10/h10H,5-9H2,1-4H3. The molecule has 1 atom stereocenters. The highest BCUT2D eigenvalue weighted by atomic mass is 16.6. The van der Waals surface area contributed by atoms with Gasteiger partial charge in [-0.2, -0.15) is 0 Å². The third-order valence-corrected chi connectivity index (χ3v) is 2.38. The predicted octanol–water partition coefficient (Wildman–Crippen LogP) is 2.42. The Kier molecular flexibility index (Phi) is 4.59. The van der Waals surface area contributed by atoms with Gasteiger partial charge in [0.25, 0.3) is 0 Å². The van der Waals surface area contributed by atoms with E-state index in [1.165, 1.54) is 0 Å². The molecule has 1 aliphatic rings. The van der Waals surface area contributed by atoms with E-state index in [-0.39, 0.29) is 6.09 Å². The lowest BCUT2D eigenvalue weighted by Gasteiger charge is -2.24. The van der Waals surface area contributed by atoms with Crippen LogP contribution in [-0.2, 0) is 9.47 Å². The van der Waals surface area contributed by atoms with Gasteiger partial charge < -0.3 is 14.4 Å². The predicted molar refractivity (Wildman–Crippen MR) is 62.5 cm³/mol. The van der Waals surface area contributed by atoms with Gasteiger partial charge in [-0.25, -0.2) is 4.79 Å². The van der Waals surface area contributed by atoms with Crippen LogP contribution in [0.2, 0.25) is 0 Å². The molecular formula is C12H23NO3. The summed E-state index contributed by atoms with van der Waals surface area (Å²) in [6.07, 6.45) is 3.48. The van der Waals surface area contributed by atoms with E-state index >= 15 is 0 Å². The Labute approximate surface area is 97.9 Å². The fourth-order valence-corrected chi connectivity index (χ4v) is 1.39. The quantitative estimate of drug-likeness (QED) is 0.537. The SMILES string of the molecule is CN(CCCCC1CO1)C(=O)OC(C)(C)C. The van der Waals surface area contributed by atoms with Gasteiger partial charge in [0.15, 0.2) is 0 Å². The van der Waals surface area contributed by atoms with E-state index in [1.807, 2.05) is 20.8 Å². The Morgan fingerprint density at radius 2 is 2.06 bits per heavy atom. The van der Waals surface area contributed by atoms with E-state index in [9.17, 15) is 4.79 Å². The lowest BCUT2D eigenvalue weighted by molar-refractivity contribution is 0.0296. The number of hydrogen-bond donors (Lipinski definition) is 0. The minimum Gasteiger partial charge on any atom is -0.444 e. The zero-order valence-electron chi connectivity index (χ0n) is 10.8. The average Bonchev–Trinajstić information content (AvgIpc) is 2.92. The molecule has 0 bridgehead atoms. The first-order chi connectivity index (χ1) is 7.38. The number of unbranched alkanes of at least 4 members (excludes halogenated alkanes) is 1. The maximum Gasteiger partial charge on any atom is 0.410 e. The zero-order valence-corrected chi connectivity index (χ0v) is 10.8. The van der Waals surface area contributed by atoms with Crippen LogP contribution in [-0.4, -0.2) is 42.9 Å². The molecule has 1 unspecified atom stereocenters. The Morgan fingerprint density at radius 3 is 2.56 bits per heavy atom. The van der Waals surface area contributed by atoms with E-state index in [2.05, 4.69) is 0 Å². The third-order valence-electron chi connectivity index (χ3n) is 2.38. The fourth-order valence-electron chi connectivity index (χ4n) is 1.39. The second kappa shape index (κ2) is 5.53. The highest BCUT2D eigenvalue weighted by Crippen LogP contribution is 2.16. The molecule has 4 heteroatoms. The van der Waals surface area contributed by atoms with E-state index in [0.717, 1.165) is 32.4 Å². The summed E-state index contributed by atoms with van der Waals surface area (Å²) in [6.45, 7) is 7.30. The summed E-state index contributed by atoms with van der Waals surface area (Å²) >= 11 is 0. The van der Waals surface area contributed by atoms with Crippen molar-refractivity contribution in [2.24, 2.45) is 0 Å². The van der Waals surface area contributed by atoms with Crippen LogP contribution in [0.1, 0.15) is 40.0 Å². The molecule has 94 valence electrons. The second-order valence-corrected chi connectivity index (χ2v) is 5.35. The second-order valence-electron chi connectivity index (χ2n) is 5.35. The van der Waals surface area contributed by atoms with Crippen molar-refractivity contribution in [3.05, 3.63) is 0 Å². The number of epoxide rings is 1. The van der Waals surface area contributed by atoms with Crippen LogP contribution in [0.15, 0.2) is 0 Å². The fraction of sp³-hybridized carbons (Fsp3) is 0.917. The molecule has 0 saturated carbocycles. The van der Waals surface area contributed by atoms with Crippen LogP contribution in [0.3, 0.4) is 0 Å². The van der Waals surface area contributed by atoms with Crippen molar-refractivity contribution in [1.82, 2.24) is 4.90 Å². The summed E-state index contributed by atoms with van der Waals surface area (Å²) in [7, 11) is 1.78. The van der Waals surface area contributed by atoms with E-state index < -0.39 is 5.60 Å². The number of ether oxygens (including phenoxy) is 2. The Hall–Kier alpha value is -0.770. The molecule has 0 spiro atoms. The molecule has 0 aliphatic carbocycles. The maximum absolute atomic E-state index is 11.6. The summed E-state index contributed by atoms with van der Waals surface area (Å²) in [5, 5.41) is 0. The van der Waals surface area contributed by atoms with Gasteiger partial charge in [0.1, 0.15) is 5.60 Å². The third kappa shape index (κ3) is 5.95. The zero-order chi connectivity index (χ0) is 12.2. The van der Waals surface area contributed by atoms with Crippen molar-refractivity contribution < 1.29 is 14.3 Å². The Bertz CT molecular complexity index is 231. The molecular weight excluding hydrogens is 206 g/mol. The topological polar surface area (TPSA) is 42.1 Å². The molecule has 0 N–H and O–H groups in total. The lowest BCUT2D eigenvalue weighted by atomic mass is 10.2. The molecule has 0 aromatic rings. The van der Waals surface area contributed by atoms with Crippen LogP contribution >= 0.6 is 0 Å². The number of carbonyl (C=O) groups excluding carboxylic acids is 1. The molecule has 4 nitrogen and oxygen atoms in total. The van der Waals surface area contributed by atoms with Crippen molar-refractivity contribution in [2.75, 3.05) is 20.2 Å². The number of amides is 1. The number of rotatable bonds is 5. The minimum absolute atomic E-state index is 0.241. The normalized spacial score (nSPS) is 19.4. The first-order valence-corrected chi connectivity index (χ1v) is 5.94. The molecule has 0 aromatic heterocycles. The summed E-state index contributed by atoms with van der Waals surface area (Å²) in [4.78, 5) is 13.2. The van der Waals surface area contributed by atoms with Gasteiger partial charge in [0.05, 0.1) is 12.7 Å². The first-order valence-electron chi connectivity index (χ1n) is 5.94. The van der Waals surface area contributed by atoms with Crippen LogP contribution in [0.25, 0.3) is 0 Å². The summed E-state index contributed by atoms with van der Waals surface area (Å²) in [5.74, 6) is 0. The number of hydrogen-bond acceptors (Lipinski definition) is 3. The van der Waals surface area contributed by atoms with Crippen molar-refractivity contribution in [3.63, 3.8) is 0 Å².